The molecule has 0 fully saturated rings. The van der Waals surface area contributed by atoms with Gasteiger partial charge in [0.1, 0.15) is 5.75 Å². The van der Waals surface area contributed by atoms with E-state index in [1.165, 1.54) is 0 Å². The molecule has 0 amide bonds. The second kappa shape index (κ2) is 7.46. The Kier molecular flexibility index (Phi) is 5.93. The van der Waals surface area contributed by atoms with Crippen LogP contribution in [0.4, 0.5) is 0 Å². The molecule has 0 radical (unpaired) electrons. The molecule has 4 nitrogen and oxygen atoms in total. The quantitative estimate of drug-likeness (QED) is 0.487. The van der Waals surface area contributed by atoms with Gasteiger partial charge in [0.05, 0.1) is 24.5 Å². The smallest absolute Gasteiger partial charge is 0.337 e. The van der Waals surface area contributed by atoms with Crippen LogP contribution in [0.2, 0.25) is 0 Å². The van der Waals surface area contributed by atoms with Gasteiger partial charge in [-0.2, -0.15) is 0 Å². The predicted molar refractivity (Wildman–Crippen MR) is 73.3 cm³/mol. The minimum atomic E-state index is -0.500. The maximum absolute atomic E-state index is 11.6. The summed E-state index contributed by atoms with van der Waals surface area (Å²) < 4.78 is 10.4. The van der Waals surface area contributed by atoms with E-state index in [0.717, 1.165) is 17.6 Å². The third-order valence-corrected chi connectivity index (χ3v) is 2.36. The molecule has 0 spiro atoms. The molecular formula is C15H20O4. The van der Waals surface area contributed by atoms with E-state index in [0.29, 0.717) is 6.42 Å². The van der Waals surface area contributed by atoms with Crippen LogP contribution in [0, 0.1) is 0 Å². The Balaban J connectivity index is 2.78. The first-order valence-electron chi connectivity index (χ1n) is 6.32. The van der Waals surface area contributed by atoms with Crippen molar-refractivity contribution in [2.45, 2.75) is 33.3 Å². The van der Waals surface area contributed by atoms with E-state index < -0.39 is 5.97 Å². The highest BCUT2D eigenvalue weighted by Crippen LogP contribution is 2.17. The van der Waals surface area contributed by atoms with Gasteiger partial charge >= 0.3 is 5.97 Å². The molecule has 0 aromatic heterocycles. The number of hydrogen-bond donors (Lipinski definition) is 1. The van der Waals surface area contributed by atoms with Gasteiger partial charge in [0, 0.05) is 6.42 Å². The summed E-state index contributed by atoms with van der Waals surface area (Å²) in [6.07, 6.45) is 1.20. The zero-order valence-electron chi connectivity index (χ0n) is 11.6. The number of rotatable bonds is 6. The van der Waals surface area contributed by atoms with Gasteiger partial charge in [-0.05, 0) is 38.5 Å². The molecule has 0 saturated carbocycles. The molecule has 0 atom stereocenters. The highest BCUT2D eigenvalue weighted by molar-refractivity contribution is 5.88. The zero-order valence-corrected chi connectivity index (χ0v) is 11.6. The average molecular weight is 264 g/mol. The first kappa shape index (κ1) is 15.1. The van der Waals surface area contributed by atoms with Crippen LogP contribution in [-0.4, -0.2) is 23.8 Å². The van der Waals surface area contributed by atoms with E-state index in [1.54, 1.807) is 6.92 Å². The van der Waals surface area contributed by atoms with E-state index in [-0.39, 0.29) is 18.3 Å². The average Bonchev–Trinajstić information content (AvgIpc) is 2.35. The molecule has 0 unspecified atom stereocenters. The summed E-state index contributed by atoms with van der Waals surface area (Å²) in [5, 5.41) is 9.10. The Bertz CT molecular complexity index is 449. The van der Waals surface area contributed by atoms with Crippen LogP contribution in [-0.2, 0) is 16.0 Å². The van der Waals surface area contributed by atoms with Gasteiger partial charge < -0.3 is 14.6 Å². The fourth-order valence-corrected chi connectivity index (χ4v) is 1.62. The van der Waals surface area contributed by atoms with Gasteiger partial charge in [-0.1, -0.05) is 12.1 Å². The summed E-state index contributed by atoms with van der Waals surface area (Å²) in [4.78, 5) is 11.6. The van der Waals surface area contributed by atoms with Crippen LogP contribution in [0.15, 0.2) is 36.1 Å². The van der Waals surface area contributed by atoms with E-state index >= 15 is 0 Å². The summed E-state index contributed by atoms with van der Waals surface area (Å²) in [6, 6.07) is 7.43. The van der Waals surface area contributed by atoms with Crippen LogP contribution in [0.1, 0.15) is 26.3 Å². The monoisotopic (exact) mass is 264 g/mol. The van der Waals surface area contributed by atoms with Crippen LogP contribution in [0.3, 0.4) is 0 Å². The lowest BCUT2D eigenvalue weighted by molar-refractivity contribution is -0.138. The highest BCUT2D eigenvalue weighted by atomic mass is 16.5. The maximum Gasteiger partial charge on any atom is 0.337 e. The molecule has 0 aliphatic heterocycles. The largest absolute Gasteiger partial charge is 0.515 e. The topological polar surface area (TPSA) is 55.8 Å². The summed E-state index contributed by atoms with van der Waals surface area (Å²) in [7, 11) is 0. The number of aliphatic hydroxyl groups excluding tert-OH is 1. The standard InChI is InChI=1S/C15H20O4/c1-4-18-15(17)13(10-16)8-12-6-5-7-14(9-12)19-11(2)3/h5-7,9-11,16H,4,8H2,1-3H3/b13-10+. The van der Waals surface area contributed by atoms with Crippen LogP contribution >= 0.6 is 0 Å². The molecule has 1 aromatic carbocycles. The molecule has 0 heterocycles. The molecule has 104 valence electrons. The molecule has 4 heteroatoms. The van der Waals surface area contributed by atoms with Crippen molar-refractivity contribution in [3.8, 4) is 5.75 Å². The Morgan fingerprint density at radius 1 is 1.42 bits per heavy atom. The second-order valence-corrected chi connectivity index (χ2v) is 4.37. The fraction of sp³-hybridized carbons (Fsp3) is 0.400. The number of esters is 1. The van der Waals surface area contributed by atoms with Crippen LogP contribution < -0.4 is 4.74 Å². The summed E-state index contributed by atoms with van der Waals surface area (Å²) in [5.74, 6) is 0.244. The number of carbonyl (C=O) groups is 1. The molecular weight excluding hydrogens is 244 g/mol. The van der Waals surface area contributed by atoms with Crippen molar-refractivity contribution in [3.05, 3.63) is 41.7 Å². The van der Waals surface area contributed by atoms with Gasteiger partial charge in [-0.25, -0.2) is 4.79 Å². The molecule has 1 N–H and O–H groups in total. The molecule has 0 aliphatic rings. The molecule has 0 saturated heterocycles. The fourth-order valence-electron chi connectivity index (χ4n) is 1.62. The van der Waals surface area contributed by atoms with Crippen LogP contribution in [0.5, 0.6) is 5.75 Å². The van der Waals surface area contributed by atoms with Crippen molar-refractivity contribution in [1.82, 2.24) is 0 Å². The highest BCUT2D eigenvalue weighted by Gasteiger charge is 2.12. The second-order valence-electron chi connectivity index (χ2n) is 4.37. The van der Waals surface area contributed by atoms with Crippen molar-refractivity contribution < 1.29 is 19.4 Å². The summed E-state index contributed by atoms with van der Waals surface area (Å²) >= 11 is 0. The molecule has 1 aromatic rings. The minimum absolute atomic E-state index is 0.0909. The zero-order chi connectivity index (χ0) is 14.3. The van der Waals surface area contributed by atoms with Crippen molar-refractivity contribution in [3.63, 3.8) is 0 Å². The number of aliphatic hydroxyl groups is 1. The SMILES string of the molecule is CCOC(=O)/C(=C/O)Cc1cccc(OC(C)C)c1. The summed E-state index contributed by atoms with van der Waals surface area (Å²) in [5.41, 5.74) is 1.11. The predicted octanol–water partition coefficient (Wildman–Crippen LogP) is 3.02. The minimum Gasteiger partial charge on any atom is -0.515 e. The van der Waals surface area contributed by atoms with Gasteiger partial charge in [-0.3, -0.25) is 0 Å². The Morgan fingerprint density at radius 3 is 2.74 bits per heavy atom. The van der Waals surface area contributed by atoms with E-state index in [9.17, 15) is 4.79 Å². The maximum atomic E-state index is 11.6. The lowest BCUT2D eigenvalue weighted by Gasteiger charge is -2.11. The summed E-state index contributed by atoms with van der Waals surface area (Å²) in [6.45, 7) is 5.91. The van der Waals surface area contributed by atoms with Gasteiger partial charge in [0.25, 0.3) is 0 Å². The normalized spacial score (nSPS) is 11.5. The number of carbonyl (C=O) groups excluding carboxylic acids is 1. The van der Waals surface area contributed by atoms with Crippen molar-refractivity contribution in [1.29, 1.82) is 0 Å². The number of benzene rings is 1. The Labute approximate surface area is 113 Å². The van der Waals surface area contributed by atoms with Gasteiger partial charge in [-0.15, -0.1) is 0 Å². The van der Waals surface area contributed by atoms with Crippen molar-refractivity contribution >= 4 is 5.97 Å². The lowest BCUT2D eigenvalue weighted by atomic mass is 10.1. The Morgan fingerprint density at radius 2 is 2.16 bits per heavy atom. The molecule has 0 bridgehead atoms. The van der Waals surface area contributed by atoms with E-state index in [1.807, 2.05) is 38.1 Å². The number of ether oxygens (including phenoxy) is 2. The lowest BCUT2D eigenvalue weighted by Crippen LogP contribution is -2.10. The van der Waals surface area contributed by atoms with Crippen molar-refractivity contribution in [2.75, 3.05) is 6.61 Å². The molecule has 19 heavy (non-hydrogen) atoms. The van der Waals surface area contributed by atoms with Gasteiger partial charge in [0.2, 0.25) is 0 Å². The van der Waals surface area contributed by atoms with Crippen LogP contribution in [0.25, 0.3) is 0 Å². The van der Waals surface area contributed by atoms with Gasteiger partial charge in [0.15, 0.2) is 0 Å². The third kappa shape index (κ3) is 5.04. The Hall–Kier alpha value is -1.97. The van der Waals surface area contributed by atoms with E-state index in [4.69, 9.17) is 14.6 Å². The first-order valence-corrected chi connectivity index (χ1v) is 6.32. The van der Waals surface area contributed by atoms with E-state index in [2.05, 4.69) is 0 Å². The number of hydrogen-bond acceptors (Lipinski definition) is 4. The molecule has 0 aliphatic carbocycles. The first-order chi connectivity index (χ1) is 9.06. The third-order valence-electron chi connectivity index (χ3n) is 2.36. The molecule has 1 rings (SSSR count). The van der Waals surface area contributed by atoms with Crippen molar-refractivity contribution in [2.24, 2.45) is 0 Å².